The first kappa shape index (κ1) is 42.1. The van der Waals surface area contributed by atoms with Crippen LogP contribution >= 0.6 is 18.7 Å². The molecule has 9 rings (SSSR count). The minimum atomic E-state index is -2.55. The minimum absolute atomic E-state index is 0.123. The largest absolute Gasteiger partial charge is 0.494 e. The van der Waals surface area contributed by atoms with Crippen LogP contribution in [-0.4, -0.2) is 134 Å². The number of carbonyl (C=O) groups is 3. The van der Waals surface area contributed by atoms with Crippen LogP contribution in [0.3, 0.4) is 0 Å². The number of hydrogen-bond donors (Lipinski definition) is 3. The fourth-order valence-corrected chi connectivity index (χ4v) is 11.0. The van der Waals surface area contributed by atoms with E-state index >= 15 is 0 Å². The second kappa shape index (κ2) is 17.5. The normalized spacial score (nSPS) is 20.5. The van der Waals surface area contributed by atoms with Crippen LogP contribution < -0.4 is 35.8 Å². The van der Waals surface area contributed by atoms with Gasteiger partial charge in [0.1, 0.15) is 24.0 Å². The highest BCUT2D eigenvalue weighted by molar-refractivity contribution is 7.70. The molecule has 5 aliphatic rings. The first-order valence-corrected chi connectivity index (χ1v) is 24.5. The van der Waals surface area contributed by atoms with Crippen molar-refractivity contribution < 1.29 is 23.7 Å². The molecule has 1 unspecified atom stereocenters. The fraction of sp³-hybridized carbons (Fsp3) is 0.444. The predicted molar refractivity (Wildman–Crippen MR) is 244 cm³/mol. The van der Waals surface area contributed by atoms with Crippen LogP contribution in [0.4, 0.5) is 34.5 Å². The zero-order chi connectivity index (χ0) is 43.1. The number of anilines is 6. The molecule has 0 bridgehead atoms. The van der Waals surface area contributed by atoms with Gasteiger partial charge in [0.25, 0.3) is 5.91 Å². The number of benzene rings is 3. The lowest BCUT2D eigenvalue weighted by atomic mass is 9.94. The topological polar surface area (TPSA) is 156 Å². The molecule has 17 heteroatoms. The number of methoxy groups -OCH3 is 1. The van der Waals surface area contributed by atoms with Crippen molar-refractivity contribution in [3.05, 3.63) is 83.0 Å². The number of fused-ring (bicyclic) bond motifs is 1. The Hall–Kier alpha value is -5.21. The smallest absolute Gasteiger partial charge is 0.255 e. The molecule has 0 aliphatic carbocycles. The number of piperidine rings is 2. The van der Waals surface area contributed by atoms with Crippen LogP contribution in [0.15, 0.2) is 66.9 Å². The summed E-state index contributed by atoms with van der Waals surface area (Å²) in [7, 11) is -0.886. The van der Waals surface area contributed by atoms with Crippen molar-refractivity contribution in [3.8, 4) is 5.75 Å². The van der Waals surface area contributed by atoms with Crippen molar-refractivity contribution in [3.63, 3.8) is 0 Å². The summed E-state index contributed by atoms with van der Waals surface area (Å²) in [6, 6.07) is 19.5. The summed E-state index contributed by atoms with van der Waals surface area (Å²) in [6.07, 6.45) is 4.50. The average molecular weight is 881 g/mol. The van der Waals surface area contributed by atoms with Gasteiger partial charge in [-0.3, -0.25) is 24.6 Å². The predicted octanol–water partition coefficient (Wildman–Crippen LogP) is 5.36. The number of likely N-dealkylation sites (tertiary alicyclic amines) is 1. The Labute approximate surface area is 367 Å². The van der Waals surface area contributed by atoms with Crippen molar-refractivity contribution in [2.45, 2.75) is 44.3 Å². The number of carbonyl (C=O) groups excluding carboxylic acids is 3. The van der Waals surface area contributed by atoms with Crippen LogP contribution in [0.5, 0.6) is 5.75 Å². The van der Waals surface area contributed by atoms with Gasteiger partial charge in [0.05, 0.1) is 24.7 Å². The Kier molecular flexibility index (Phi) is 11.9. The van der Waals surface area contributed by atoms with E-state index in [-0.39, 0.29) is 24.1 Å². The van der Waals surface area contributed by atoms with Gasteiger partial charge >= 0.3 is 0 Å². The second-order valence-electron chi connectivity index (χ2n) is 17.4. The number of hydrogen-bond acceptors (Lipinski definition) is 13. The van der Waals surface area contributed by atoms with E-state index in [0.717, 1.165) is 86.8 Å². The van der Waals surface area contributed by atoms with E-state index in [9.17, 15) is 18.9 Å². The molecule has 3 N–H and O–H groups in total. The lowest BCUT2D eigenvalue weighted by molar-refractivity contribution is -0.136. The summed E-state index contributed by atoms with van der Waals surface area (Å²) in [4.78, 5) is 58.4. The highest BCUT2D eigenvalue weighted by Gasteiger charge is 2.41. The van der Waals surface area contributed by atoms with Gasteiger partial charge in [-0.25, -0.2) is 4.98 Å². The summed E-state index contributed by atoms with van der Waals surface area (Å²) in [5, 5.41) is 10.0. The minimum Gasteiger partial charge on any atom is -0.494 e. The molecule has 5 aliphatic heterocycles. The average Bonchev–Trinajstić information content (AvgIpc) is 3.59. The number of nitrogens with one attached hydrogen (secondary N) is 3. The molecule has 4 saturated heterocycles. The van der Waals surface area contributed by atoms with E-state index in [1.165, 1.54) is 19.0 Å². The van der Waals surface area contributed by atoms with E-state index < -0.39 is 13.2 Å². The lowest BCUT2D eigenvalue weighted by Gasteiger charge is -2.46. The van der Waals surface area contributed by atoms with Gasteiger partial charge in [-0.05, 0) is 82.1 Å². The summed E-state index contributed by atoms with van der Waals surface area (Å²) in [6.45, 7) is 13.0. The molecular formula is C45H54ClN10O5P. The first-order chi connectivity index (χ1) is 29.9. The van der Waals surface area contributed by atoms with Gasteiger partial charge in [0.2, 0.25) is 17.8 Å². The van der Waals surface area contributed by atoms with E-state index in [2.05, 4.69) is 63.7 Å². The van der Waals surface area contributed by atoms with Crippen LogP contribution in [0.2, 0.25) is 5.02 Å². The van der Waals surface area contributed by atoms with Crippen molar-refractivity contribution >= 4 is 76.3 Å². The number of rotatable bonds is 12. The number of imide groups is 1. The second-order valence-corrected chi connectivity index (χ2v) is 21.0. The van der Waals surface area contributed by atoms with Crippen LogP contribution in [-0.2, 0) is 20.7 Å². The number of para-hydroxylation sites is 1. The number of piperazine rings is 1. The molecule has 0 saturated carbocycles. The van der Waals surface area contributed by atoms with Crippen molar-refractivity contribution in [1.82, 2.24) is 30.0 Å². The molecule has 1 aromatic heterocycles. The molecule has 3 amide bonds. The molecule has 1 atom stereocenters. The number of halogens is 1. The monoisotopic (exact) mass is 880 g/mol. The Morgan fingerprint density at radius 1 is 0.887 bits per heavy atom. The molecule has 4 aromatic rings. The Bertz CT molecular complexity index is 2410. The highest BCUT2D eigenvalue weighted by Crippen LogP contribution is 2.40. The number of aromatic nitrogens is 2. The maximum atomic E-state index is 13.3. The van der Waals surface area contributed by atoms with E-state index in [4.69, 9.17) is 16.3 Å². The van der Waals surface area contributed by atoms with Gasteiger partial charge in [0.15, 0.2) is 5.82 Å². The van der Waals surface area contributed by atoms with Crippen molar-refractivity contribution in [2.75, 3.05) is 99.8 Å². The Morgan fingerprint density at radius 3 is 2.40 bits per heavy atom. The molecule has 0 spiro atoms. The maximum Gasteiger partial charge on any atom is 0.255 e. The van der Waals surface area contributed by atoms with Crippen LogP contribution in [0.1, 0.15) is 41.6 Å². The summed E-state index contributed by atoms with van der Waals surface area (Å²) >= 11 is 6.49. The fourth-order valence-electron chi connectivity index (χ4n) is 9.72. The third kappa shape index (κ3) is 8.73. The third-order valence-corrected chi connectivity index (χ3v) is 14.9. The zero-order valence-electron chi connectivity index (χ0n) is 35.5. The number of nitrogens with zero attached hydrogens (tertiary/aromatic N) is 7. The van der Waals surface area contributed by atoms with Gasteiger partial charge in [-0.15, -0.1) is 0 Å². The van der Waals surface area contributed by atoms with Gasteiger partial charge in [0, 0.05) is 105 Å². The SMILES string of the molecule is COc1cc(N2CCN(C3CCN(CC4CN(c5cccc6c5CN(C5CCC(=O)NC5=O)C6=O)C4)CC3)CC2)ccc1Nc1ncc(Cl)c(Nc2ccccc2P(C)(C)=O)n1. The van der Waals surface area contributed by atoms with E-state index in [0.29, 0.717) is 58.7 Å². The first-order valence-electron chi connectivity index (χ1n) is 21.5. The van der Waals surface area contributed by atoms with Crippen molar-refractivity contribution in [1.29, 1.82) is 0 Å². The molecule has 62 heavy (non-hydrogen) atoms. The zero-order valence-corrected chi connectivity index (χ0v) is 37.1. The molecular weight excluding hydrogens is 827 g/mol. The number of amides is 3. The molecule has 6 heterocycles. The molecule has 4 fully saturated rings. The Balaban J connectivity index is 0.735. The van der Waals surface area contributed by atoms with Gasteiger partial charge in [-0.1, -0.05) is 29.8 Å². The third-order valence-electron chi connectivity index (χ3n) is 13.0. The molecule has 3 aromatic carbocycles. The summed E-state index contributed by atoms with van der Waals surface area (Å²) < 4.78 is 18.8. The molecule has 0 radical (unpaired) electrons. The van der Waals surface area contributed by atoms with E-state index in [1.54, 1.807) is 25.3 Å². The summed E-state index contributed by atoms with van der Waals surface area (Å²) in [5.74, 6) is 1.24. The highest BCUT2D eigenvalue weighted by atomic mass is 35.5. The standard InChI is InChI=1S/C45H54ClN10O5P/c1-61-39-23-31(11-12-35(39)49-45-47-24-34(46)42(51-45)48-36-8-4-5-10-40(36)62(2,3)60)54-21-19-53(20-22-54)30-15-17-52(18-16-30)25-29-26-55(27-29)37-9-6-7-32-33(37)28-56(44(32)59)38-13-14-41(57)50-43(38)58/h4-12,23-24,29-30,38H,13-22,25-28H2,1-3H3,(H,50,57,58)(H2,47,48,49,51). The van der Waals surface area contributed by atoms with Gasteiger partial charge < -0.3 is 39.5 Å². The molecule has 326 valence electrons. The molecule has 15 nitrogen and oxygen atoms in total. The van der Waals surface area contributed by atoms with Crippen LogP contribution in [0, 0.1) is 5.92 Å². The summed E-state index contributed by atoms with van der Waals surface area (Å²) in [5.41, 5.74) is 5.28. The maximum absolute atomic E-state index is 13.3. The number of ether oxygens (including phenoxy) is 1. The quantitative estimate of drug-likeness (QED) is 0.124. The van der Waals surface area contributed by atoms with E-state index in [1.807, 2.05) is 42.5 Å². The van der Waals surface area contributed by atoms with Crippen LogP contribution in [0.25, 0.3) is 0 Å². The van der Waals surface area contributed by atoms with Gasteiger partial charge in [-0.2, -0.15) is 4.98 Å². The Morgan fingerprint density at radius 2 is 1.66 bits per heavy atom. The lowest BCUT2D eigenvalue weighted by Crippen LogP contribution is -2.56. The van der Waals surface area contributed by atoms with Crippen molar-refractivity contribution in [2.24, 2.45) is 5.92 Å².